The minimum atomic E-state index is -3.42. The van der Waals surface area contributed by atoms with Crippen LogP contribution >= 0.6 is 0 Å². The monoisotopic (exact) mass is 385 g/mol. The van der Waals surface area contributed by atoms with Crippen LogP contribution in [0.3, 0.4) is 0 Å². The van der Waals surface area contributed by atoms with Gasteiger partial charge in [0.25, 0.3) is 5.91 Å². The fraction of sp³-hybridized carbons (Fsp3) is 0.167. The van der Waals surface area contributed by atoms with E-state index in [4.69, 9.17) is 0 Å². The molecule has 0 bridgehead atoms. The van der Waals surface area contributed by atoms with E-state index in [1.807, 2.05) is 18.2 Å². The zero-order chi connectivity index (χ0) is 19.4. The zero-order valence-electron chi connectivity index (χ0n) is 14.9. The van der Waals surface area contributed by atoms with Gasteiger partial charge in [0.2, 0.25) is 10.0 Å². The third-order valence-corrected chi connectivity index (χ3v) is 4.39. The molecule has 8 nitrogen and oxygen atoms in total. The Bertz CT molecular complexity index is 1050. The van der Waals surface area contributed by atoms with Crippen LogP contribution in [0.5, 0.6) is 0 Å². The number of benzene rings is 1. The van der Waals surface area contributed by atoms with Gasteiger partial charge < -0.3 is 5.32 Å². The van der Waals surface area contributed by atoms with Gasteiger partial charge in [-0.2, -0.15) is 5.10 Å². The molecule has 0 aliphatic heterocycles. The van der Waals surface area contributed by atoms with Crippen molar-refractivity contribution in [2.75, 3.05) is 11.0 Å². The van der Waals surface area contributed by atoms with E-state index in [9.17, 15) is 13.2 Å². The number of aryl methyl sites for hydroxylation is 1. The van der Waals surface area contributed by atoms with Crippen molar-refractivity contribution in [3.8, 4) is 5.82 Å². The van der Waals surface area contributed by atoms with Crippen molar-refractivity contribution >= 4 is 21.6 Å². The van der Waals surface area contributed by atoms with Gasteiger partial charge in [-0.05, 0) is 42.3 Å². The van der Waals surface area contributed by atoms with Crippen molar-refractivity contribution in [1.29, 1.82) is 0 Å². The number of nitrogens with one attached hydrogen (secondary N) is 2. The Balaban J connectivity index is 1.66. The predicted molar refractivity (Wildman–Crippen MR) is 102 cm³/mol. The van der Waals surface area contributed by atoms with Crippen molar-refractivity contribution in [3.63, 3.8) is 0 Å². The number of rotatable bonds is 6. The van der Waals surface area contributed by atoms with Crippen LogP contribution < -0.4 is 10.0 Å². The minimum absolute atomic E-state index is 0.300. The first-order chi connectivity index (χ1) is 12.8. The molecule has 0 aliphatic carbocycles. The van der Waals surface area contributed by atoms with Crippen molar-refractivity contribution < 1.29 is 13.2 Å². The summed E-state index contributed by atoms with van der Waals surface area (Å²) in [5.41, 5.74) is 2.32. The molecule has 0 spiro atoms. The average Bonchev–Trinajstić information content (AvgIpc) is 3.15. The summed E-state index contributed by atoms with van der Waals surface area (Å²) >= 11 is 0. The number of hydrogen-bond donors (Lipinski definition) is 2. The molecule has 3 aromatic rings. The first kappa shape index (κ1) is 18.6. The average molecular weight is 385 g/mol. The molecule has 27 heavy (non-hydrogen) atoms. The lowest BCUT2D eigenvalue weighted by Gasteiger charge is -2.11. The van der Waals surface area contributed by atoms with E-state index in [1.165, 1.54) is 6.07 Å². The van der Waals surface area contributed by atoms with Crippen molar-refractivity contribution in [2.24, 2.45) is 0 Å². The first-order valence-electron chi connectivity index (χ1n) is 8.13. The molecular weight excluding hydrogens is 366 g/mol. The molecule has 2 aromatic heterocycles. The summed E-state index contributed by atoms with van der Waals surface area (Å²) in [5, 5.41) is 6.91. The van der Waals surface area contributed by atoms with E-state index >= 15 is 0 Å². The maximum atomic E-state index is 12.4. The van der Waals surface area contributed by atoms with Gasteiger partial charge in [-0.25, -0.2) is 18.1 Å². The van der Waals surface area contributed by atoms with E-state index < -0.39 is 10.0 Å². The SMILES string of the molecule is Cc1ccc(C(=O)NCc2ccc(-n3cccn3)nc2)cc1NS(C)(=O)=O. The molecule has 3 rings (SSSR count). The molecule has 2 N–H and O–H groups in total. The molecule has 2 heterocycles. The number of carbonyl (C=O) groups excluding carboxylic acids is 1. The lowest BCUT2D eigenvalue weighted by molar-refractivity contribution is 0.0951. The van der Waals surface area contributed by atoms with E-state index in [-0.39, 0.29) is 5.91 Å². The van der Waals surface area contributed by atoms with Gasteiger partial charge in [-0.3, -0.25) is 9.52 Å². The fourth-order valence-corrected chi connectivity index (χ4v) is 3.04. The molecule has 0 fully saturated rings. The van der Waals surface area contributed by atoms with Crippen LogP contribution in [0.1, 0.15) is 21.5 Å². The molecule has 1 amide bonds. The van der Waals surface area contributed by atoms with Crippen LogP contribution in [-0.4, -0.2) is 35.3 Å². The van der Waals surface area contributed by atoms with Crippen molar-refractivity contribution in [2.45, 2.75) is 13.5 Å². The molecule has 9 heteroatoms. The zero-order valence-corrected chi connectivity index (χ0v) is 15.7. The number of amides is 1. The van der Waals surface area contributed by atoms with E-state index in [0.29, 0.717) is 23.6 Å². The summed E-state index contributed by atoms with van der Waals surface area (Å²) in [6, 6.07) is 10.3. The van der Waals surface area contributed by atoms with Crippen LogP contribution in [-0.2, 0) is 16.6 Å². The lowest BCUT2D eigenvalue weighted by atomic mass is 10.1. The summed E-state index contributed by atoms with van der Waals surface area (Å²) in [6.07, 6.45) is 6.20. The van der Waals surface area contributed by atoms with Gasteiger partial charge in [-0.15, -0.1) is 0 Å². The fourth-order valence-electron chi connectivity index (χ4n) is 2.42. The second kappa shape index (κ2) is 7.58. The van der Waals surface area contributed by atoms with Crippen LogP contribution in [0, 0.1) is 6.92 Å². The highest BCUT2D eigenvalue weighted by atomic mass is 32.2. The minimum Gasteiger partial charge on any atom is -0.348 e. The predicted octanol–water partition coefficient (Wildman–Crippen LogP) is 1.88. The maximum Gasteiger partial charge on any atom is 0.251 e. The Kier molecular flexibility index (Phi) is 5.22. The highest BCUT2D eigenvalue weighted by Crippen LogP contribution is 2.18. The Morgan fingerprint density at radius 3 is 2.67 bits per heavy atom. The van der Waals surface area contributed by atoms with E-state index in [0.717, 1.165) is 17.4 Å². The van der Waals surface area contributed by atoms with Gasteiger partial charge in [0.1, 0.15) is 0 Å². The third-order valence-electron chi connectivity index (χ3n) is 3.80. The third kappa shape index (κ3) is 4.91. The number of anilines is 1. The normalized spacial score (nSPS) is 11.2. The van der Waals surface area contributed by atoms with Crippen LogP contribution in [0.25, 0.3) is 5.82 Å². The number of pyridine rings is 1. The van der Waals surface area contributed by atoms with Crippen molar-refractivity contribution in [3.05, 3.63) is 71.7 Å². The second-order valence-corrected chi connectivity index (χ2v) is 7.81. The summed E-state index contributed by atoms with van der Waals surface area (Å²) in [5.74, 6) is 0.382. The Morgan fingerprint density at radius 2 is 2.04 bits per heavy atom. The Labute approximate surface area is 157 Å². The number of carbonyl (C=O) groups is 1. The topological polar surface area (TPSA) is 106 Å². The summed E-state index contributed by atoms with van der Waals surface area (Å²) in [7, 11) is -3.42. The second-order valence-electron chi connectivity index (χ2n) is 6.06. The van der Waals surface area contributed by atoms with E-state index in [1.54, 1.807) is 42.3 Å². The standard InChI is InChI=1S/C18H19N5O3S/c1-13-4-6-15(10-16(13)22-27(2,25)26)18(24)20-12-14-5-7-17(19-11-14)23-9-3-8-21-23/h3-11,22H,12H2,1-2H3,(H,20,24). The maximum absolute atomic E-state index is 12.4. The largest absolute Gasteiger partial charge is 0.348 e. The highest BCUT2D eigenvalue weighted by Gasteiger charge is 2.11. The lowest BCUT2D eigenvalue weighted by Crippen LogP contribution is -2.23. The van der Waals surface area contributed by atoms with Gasteiger partial charge in [0.15, 0.2) is 5.82 Å². The van der Waals surface area contributed by atoms with Crippen LogP contribution in [0.4, 0.5) is 5.69 Å². The molecular formula is C18H19N5O3S. The molecule has 0 atom stereocenters. The molecule has 0 saturated heterocycles. The summed E-state index contributed by atoms with van der Waals surface area (Å²) in [6.45, 7) is 2.07. The van der Waals surface area contributed by atoms with Crippen molar-refractivity contribution in [1.82, 2.24) is 20.1 Å². The van der Waals surface area contributed by atoms with Crippen LogP contribution in [0.15, 0.2) is 55.0 Å². The Hall–Kier alpha value is -3.20. The first-order valence-corrected chi connectivity index (χ1v) is 10.0. The van der Waals surface area contributed by atoms with Gasteiger partial charge >= 0.3 is 0 Å². The summed E-state index contributed by atoms with van der Waals surface area (Å²) < 4.78 is 26.9. The van der Waals surface area contributed by atoms with E-state index in [2.05, 4.69) is 20.1 Å². The number of nitrogens with zero attached hydrogens (tertiary/aromatic N) is 3. The van der Waals surface area contributed by atoms with Gasteiger partial charge in [0.05, 0.1) is 11.9 Å². The molecule has 0 unspecified atom stereocenters. The molecule has 0 saturated carbocycles. The molecule has 140 valence electrons. The number of sulfonamides is 1. The summed E-state index contributed by atoms with van der Waals surface area (Å²) in [4.78, 5) is 16.7. The molecule has 0 aliphatic rings. The van der Waals surface area contributed by atoms with Crippen LogP contribution in [0.2, 0.25) is 0 Å². The smallest absolute Gasteiger partial charge is 0.251 e. The number of hydrogen-bond acceptors (Lipinski definition) is 5. The quantitative estimate of drug-likeness (QED) is 0.674. The molecule has 1 aromatic carbocycles. The number of aromatic nitrogens is 3. The highest BCUT2D eigenvalue weighted by molar-refractivity contribution is 7.92. The Morgan fingerprint density at radius 1 is 1.22 bits per heavy atom. The molecule has 0 radical (unpaired) electrons. The van der Waals surface area contributed by atoms with Gasteiger partial charge in [0, 0.05) is 30.7 Å². The van der Waals surface area contributed by atoms with Gasteiger partial charge in [-0.1, -0.05) is 12.1 Å².